The molecule has 10 heteroatoms. The van der Waals surface area contributed by atoms with Crippen molar-refractivity contribution in [3.63, 3.8) is 0 Å². The summed E-state index contributed by atoms with van der Waals surface area (Å²) in [4.78, 5) is 18.8. The fourth-order valence-corrected chi connectivity index (χ4v) is 4.09. The minimum atomic E-state index is -2.58. The molecular weight excluding hydrogens is 456 g/mol. The van der Waals surface area contributed by atoms with Crippen LogP contribution in [-0.2, 0) is 0 Å². The number of amides is 1. The van der Waals surface area contributed by atoms with Gasteiger partial charge in [-0.15, -0.1) is 0 Å². The normalized spacial score (nSPS) is 21.4. The summed E-state index contributed by atoms with van der Waals surface area (Å²) in [6, 6.07) is 11.2. The van der Waals surface area contributed by atoms with Crippen LogP contribution in [0.4, 0.5) is 14.6 Å². The number of carbonyl (C=O) groups excluding carboxylic acids is 1. The number of hydrogen-bond donors (Lipinski definition) is 2. The molecule has 0 radical (unpaired) electrons. The van der Waals surface area contributed by atoms with Crippen LogP contribution in [0.15, 0.2) is 55.0 Å². The van der Waals surface area contributed by atoms with Crippen molar-refractivity contribution in [3.8, 4) is 11.5 Å². The maximum absolute atomic E-state index is 13.0. The highest BCUT2D eigenvalue weighted by Crippen LogP contribution is 2.48. The molecule has 2 fully saturated rings. The molecule has 184 valence electrons. The molecular formula is C25H27F2N5O3. The van der Waals surface area contributed by atoms with Crippen LogP contribution in [0.5, 0.6) is 11.5 Å². The van der Waals surface area contributed by atoms with Crippen molar-refractivity contribution in [1.82, 2.24) is 20.5 Å². The van der Waals surface area contributed by atoms with Gasteiger partial charge in [0.2, 0.25) is 0 Å². The molecule has 2 aliphatic rings. The zero-order chi connectivity index (χ0) is 24.4. The molecule has 2 N–H and O–H groups in total. The fourth-order valence-electron chi connectivity index (χ4n) is 4.09. The van der Waals surface area contributed by atoms with Gasteiger partial charge in [0, 0.05) is 25.6 Å². The van der Waals surface area contributed by atoms with E-state index in [1.165, 1.54) is 6.20 Å². The lowest BCUT2D eigenvalue weighted by Gasteiger charge is -2.19. The minimum absolute atomic E-state index is 0.0159. The second-order valence-corrected chi connectivity index (χ2v) is 9.05. The monoisotopic (exact) mass is 483 g/mol. The summed E-state index contributed by atoms with van der Waals surface area (Å²) < 4.78 is 37.5. The number of nitrogens with zero attached hydrogens (tertiary/aromatic N) is 3. The molecule has 3 aromatic rings. The molecule has 1 amide bonds. The van der Waals surface area contributed by atoms with Crippen LogP contribution in [-0.4, -0.2) is 52.8 Å². The molecule has 1 aromatic carbocycles. The number of H-pyrrole nitrogens is 1. The van der Waals surface area contributed by atoms with Gasteiger partial charge in [0.1, 0.15) is 23.4 Å². The Morgan fingerprint density at radius 2 is 2.00 bits per heavy atom. The molecule has 1 aliphatic carbocycles. The highest BCUT2D eigenvalue weighted by atomic mass is 19.3. The Labute approximate surface area is 201 Å². The second kappa shape index (κ2) is 9.52. The van der Waals surface area contributed by atoms with Crippen molar-refractivity contribution in [2.75, 3.05) is 24.6 Å². The van der Waals surface area contributed by atoms with Crippen LogP contribution in [0.25, 0.3) is 0 Å². The van der Waals surface area contributed by atoms with E-state index in [0.29, 0.717) is 17.9 Å². The first-order chi connectivity index (χ1) is 16.9. The van der Waals surface area contributed by atoms with Crippen LogP contribution in [0.1, 0.15) is 41.7 Å². The zero-order valence-corrected chi connectivity index (χ0v) is 19.3. The number of ether oxygens (including phenoxy) is 2. The second-order valence-electron chi connectivity index (χ2n) is 9.05. The van der Waals surface area contributed by atoms with Crippen LogP contribution in [0.2, 0.25) is 0 Å². The van der Waals surface area contributed by atoms with Crippen molar-refractivity contribution in [2.24, 2.45) is 5.92 Å². The third kappa shape index (κ3) is 5.52. The quantitative estimate of drug-likeness (QED) is 0.478. The lowest BCUT2D eigenvalue weighted by molar-refractivity contribution is 0.0855. The lowest BCUT2D eigenvalue weighted by atomic mass is 10.1. The first-order valence-electron chi connectivity index (χ1n) is 11.7. The van der Waals surface area contributed by atoms with E-state index in [1.54, 1.807) is 18.5 Å². The Balaban J connectivity index is 1.09. The lowest BCUT2D eigenvalue weighted by Crippen LogP contribution is -2.26. The molecule has 1 aliphatic heterocycles. The minimum Gasteiger partial charge on any atom is -0.491 e. The molecule has 0 spiro atoms. The number of carbonyl (C=O) groups is 1. The SMILES string of the molecule is C[C@H](NC(=O)c1cn[nH]c1)c1ccc(OC2CCN(c3ccc(OCC4CC4(F)F)cn3)C2)cc1. The first-order valence-corrected chi connectivity index (χ1v) is 11.7. The average Bonchev–Trinajstić information content (AvgIpc) is 3.29. The van der Waals surface area contributed by atoms with Gasteiger partial charge in [-0.3, -0.25) is 9.89 Å². The summed E-state index contributed by atoms with van der Waals surface area (Å²) in [5.41, 5.74) is 1.46. The van der Waals surface area contributed by atoms with E-state index in [-0.39, 0.29) is 31.1 Å². The summed E-state index contributed by atoms with van der Waals surface area (Å²) in [5.74, 6) is -1.38. The maximum atomic E-state index is 13.0. The van der Waals surface area contributed by atoms with Crippen molar-refractivity contribution in [2.45, 2.75) is 37.8 Å². The summed E-state index contributed by atoms with van der Waals surface area (Å²) in [6.45, 7) is 3.44. The van der Waals surface area contributed by atoms with Crippen LogP contribution in [0, 0.1) is 5.92 Å². The zero-order valence-electron chi connectivity index (χ0n) is 19.3. The maximum Gasteiger partial charge on any atom is 0.255 e. The number of pyridine rings is 1. The number of alkyl halides is 2. The standard InChI is InChI=1S/C25H27F2N5O3/c1-16(31-24(33)18-11-29-30-12-18)17-2-4-20(5-3-17)35-22-8-9-32(14-22)23-7-6-21(13-28-23)34-15-19-10-25(19,26)27/h2-7,11-13,16,19,22H,8-10,14-15H2,1H3,(H,29,30)(H,31,33)/t16-,19?,22?/m0/s1. The Bertz CT molecular complexity index is 1140. The summed E-state index contributed by atoms with van der Waals surface area (Å²) in [6.07, 6.45) is 5.40. The third-order valence-corrected chi connectivity index (χ3v) is 6.39. The topological polar surface area (TPSA) is 92.4 Å². The summed E-state index contributed by atoms with van der Waals surface area (Å²) in [5, 5.41) is 9.37. The molecule has 3 atom stereocenters. The van der Waals surface area contributed by atoms with Gasteiger partial charge in [0.05, 0.1) is 43.1 Å². The average molecular weight is 484 g/mol. The number of anilines is 1. The largest absolute Gasteiger partial charge is 0.491 e. The number of hydrogen-bond acceptors (Lipinski definition) is 6. The van der Waals surface area contributed by atoms with E-state index in [0.717, 1.165) is 30.1 Å². The van der Waals surface area contributed by atoms with Gasteiger partial charge >= 0.3 is 0 Å². The van der Waals surface area contributed by atoms with E-state index in [2.05, 4.69) is 25.4 Å². The number of aromatic nitrogens is 3. The van der Waals surface area contributed by atoms with Crippen molar-refractivity contribution >= 4 is 11.7 Å². The van der Waals surface area contributed by atoms with Gasteiger partial charge in [-0.05, 0) is 36.8 Å². The van der Waals surface area contributed by atoms with Gasteiger partial charge in [0.25, 0.3) is 11.8 Å². The Morgan fingerprint density at radius 3 is 2.66 bits per heavy atom. The molecule has 0 bridgehead atoms. The molecule has 2 aromatic heterocycles. The third-order valence-electron chi connectivity index (χ3n) is 6.39. The van der Waals surface area contributed by atoms with Gasteiger partial charge in [-0.1, -0.05) is 12.1 Å². The highest BCUT2D eigenvalue weighted by Gasteiger charge is 2.57. The smallest absolute Gasteiger partial charge is 0.255 e. The molecule has 5 rings (SSSR count). The molecule has 8 nitrogen and oxygen atoms in total. The van der Waals surface area contributed by atoms with E-state index >= 15 is 0 Å². The summed E-state index contributed by atoms with van der Waals surface area (Å²) in [7, 11) is 0. The first kappa shape index (κ1) is 23.1. The van der Waals surface area contributed by atoms with Gasteiger partial charge in [0.15, 0.2) is 0 Å². The van der Waals surface area contributed by atoms with E-state index < -0.39 is 11.8 Å². The van der Waals surface area contributed by atoms with Gasteiger partial charge in [-0.25, -0.2) is 13.8 Å². The van der Waals surface area contributed by atoms with Crippen LogP contribution < -0.4 is 19.7 Å². The number of halogens is 2. The Morgan fingerprint density at radius 1 is 1.23 bits per heavy atom. The Hall–Kier alpha value is -3.69. The molecule has 35 heavy (non-hydrogen) atoms. The van der Waals surface area contributed by atoms with Crippen LogP contribution >= 0.6 is 0 Å². The van der Waals surface area contributed by atoms with E-state index in [4.69, 9.17) is 9.47 Å². The molecule has 2 unspecified atom stereocenters. The van der Waals surface area contributed by atoms with Crippen molar-refractivity contribution in [3.05, 3.63) is 66.1 Å². The van der Waals surface area contributed by atoms with E-state index in [9.17, 15) is 13.6 Å². The Kier molecular flexibility index (Phi) is 6.27. The van der Waals surface area contributed by atoms with Crippen molar-refractivity contribution in [1.29, 1.82) is 0 Å². The molecule has 3 heterocycles. The number of benzene rings is 1. The predicted molar refractivity (Wildman–Crippen MR) is 125 cm³/mol. The van der Waals surface area contributed by atoms with E-state index in [1.807, 2.05) is 37.3 Å². The highest BCUT2D eigenvalue weighted by molar-refractivity contribution is 5.93. The number of rotatable bonds is 9. The van der Waals surface area contributed by atoms with Crippen LogP contribution in [0.3, 0.4) is 0 Å². The molecule has 1 saturated heterocycles. The fraction of sp³-hybridized carbons (Fsp3) is 0.400. The molecule has 1 saturated carbocycles. The van der Waals surface area contributed by atoms with Gasteiger partial charge < -0.3 is 19.7 Å². The summed E-state index contributed by atoms with van der Waals surface area (Å²) >= 11 is 0. The predicted octanol–water partition coefficient (Wildman–Crippen LogP) is 3.99. The number of nitrogens with one attached hydrogen (secondary N) is 2. The van der Waals surface area contributed by atoms with Crippen molar-refractivity contribution < 1.29 is 23.0 Å². The number of aromatic amines is 1. The van der Waals surface area contributed by atoms with Gasteiger partial charge in [-0.2, -0.15) is 5.10 Å².